The van der Waals surface area contributed by atoms with Gasteiger partial charge < -0.3 is 5.32 Å². The average molecular weight is 219 g/mol. The Morgan fingerprint density at radius 2 is 2.31 bits per heavy atom. The lowest BCUT2D eigenvalue weighted by atomic mass is 10.2. The van der Waals surface area contributed by atoms with Crippen molar-refractivity contribution >= 4 is 5.91 Å². The molecule has 6 nitrogen and oxygen atoms in total. The van der Waals surface area contributed by atoms with Crippen molar-refractivity contribution in [3.63, 3.8) is 0 Å². The highest BCUT2D eigenvalue weighted by atomic mass is 16.1. The Morgan fingerprint density at radius 3 is 2.88 bits per heavy atom. The van der Waals surface area contributed by atoms with Crippen LogP contribution in [0.5, 0.6) is 0 Å². The molecule has 2 aromatic rings. The Morgan fingerprint density at radius 1 is 1.50 bits per heavy atom. The lowest BCUT2D eigenvalue weighted by Crippen LogP contribution is -2.22. The van der Waals surface area contributed by atoms with E-state index < -0.39 is 0 Å². The maximum absolute atomic E-state index is 11.6. The van der Waals surface area contributed by atoms with Crippen LogP contribution >= 0.6 is 0 Å². The summed E-state index contributed by atoms with van der Waals surface area (Å²) in [6.07, 6.45) is 3.05. The Bertz CT molecular complexity index is 466. The lowest BCUT2D eigenvalue weighted by Gasteiger charge is -2.03. The zero-order valence-electron chi connectivity index (χ0n) is 9.16. The molecular weight excluding hydrogens is 206 g/mol. The molecule has 3 N–H and O–H groups in total. The molecule has 0 saturated heterocycles. The molecule has 0 atom stereocenters. The number of hydrogen-bond acceptors (Lipinski definition) is 3. The van der Waals surface area contributed by atoms with Gasteiger partial charge >= 0.3 is 0 Å². The molecule has 0 aliphatic heterocycles. The van der Waals surface area contributed by atoms with Gasteiger partial charge in [-0.3, -0.25) is 15.0 Å². The minimum absolute atomic E-state index is 0.145. The minimum Gasteiger partial charge on any atom is -0.348 e. The SMILES string of the molecule is Cc1n[nH]c(C)c1CNC(=O)c1cn[nH]c1. The van der Waals surface area contributed by atoms with Gasteiger partial charge in [0.15, 0.2) is 0 Å². The van der Waals surface area contributed by atoms with E-state index in [1.165, 1.54) is 6.20 Å². The molecule has 0 bridgehead atoms. The van der Waals surface area contributed by atoms with Gasteiger partial charge in [0.05, 0.1) is 17.5 Å². The van der Waals surface area contributed by atoms with E-state index in [1.54, 1.807) is 6.20 Å². The van der Waals surface area contributed by atoms with Crippen LogP contribution in [-0.4, -0.2) is 26.3 Å². The van der Waals surface area contributed by atoms with Crippen LogP contribution in [0.3, 0.4) is 0 Å². The van der Waals surface area contributed by atoms with E-state index in [4.69, 9.17) is 0 Å². The zero-order valence-corrected chi connectivity index (χ0v) is 9.16. The van der Waals surface area contributed by atoms with Gasteiger partial charge in [0.2, 0.25) is 0 Å². The standard InChI is InChI=1S/C10H13N5O/c1-6-9(7(2)15-14-6)5-11-10(16)8-3-12-13-4-8/h3-4H,5H2,1-2H3,(H,11,16)(H,12,13)(H,14,15). The van der Waals surface area contributed by atoms with Crippen molar-refractivity contribution in [2.45, 2.75) is 20.4 Å². The van der Waals surface area contributed by atoms with Gasteiger partial charge in [-0.2, -0.15) is 10.2 Å². The second kappa shape index (κ2) is 4.18. The quantitative estimate of drug-likeness (QED) is 0.709. The average Bonchev–Trinajstić information content (AvgIpc) is 2.87. The van der Waals surface area contributed by atoms with Gasteiger partial charge in [-0.05, 0) is 13.8 Å². The highest BCUT2D eigenvalue weighted by molar-refractivity contribution is 5.93. The van der Waals surface area contributed by atoms with Crippen LogP contribution in [0.1, 0.15) is 27.3 Å². The Kier molecular flexibility index (Phi) is 2.72. The molecule has 2 aromatic heterocycles. The van der Waals surface area contributed by atoms with Gasteiger partial charge in [-0.1, -0.05) is 0 Å². The Balaban J connectivity index is 2.01. The minimum atomic E-state index is -0.145. The lowest BCUT2D eigenvalue weighted by molar-refractivity contribution is 0.0951. The molecule has 2 rings (SSSR count). The number of hydrogen-bond donors (Lipinski definition) is 3. The van der Waals surface area contributed by atoms with Crippen molar-refractivity contribution in [3.8, 4) is 0 Å². The number of aryl methyl sites for hydroxylation is 2. The highest BCUT2D eigenvalue weighted by Gasteiger charge is 2.09. The summed E-state index contributed by atoms with van der Waals surface area (Å²) in [6.45, 7) is 4.31. The van der Waals surface area contributed by atoms with Crippen molar-refractivity contribution < 1.29 is 4.79 Å². The smallest absolute Gasteiger partial charge is 0.254 e. The van der Waals surface area contributed by atoms with E-state index in [-0.39, 0.29) is 5.91 Å². The second-order valence-electron chi connectivity index (χ2n) is 3.58. The molecule has 0 aliphatic carbocycles. The fraction of sp³-hybridized carbons (Fsp3) is 0.300. The Hall–Kier alpha value is -2.11. The van der Waals surface area contributed by atoms with Crippen molar-refractivity contribution in [2.24, 2.45) is 0 Å². The molecule has 0 aliphatic rings. The van der Waals surface area contributed by atoms with E-state index in [0.717, 1.165) is 17.0 Å². The summed E-state index contributed by atoms with van der Waals surface area (Å²) in [6, 6.07) is 0. The molecule has 2 heterocycles. The fourth-order valence-corrected chi connectivity index (χ4v) is 1.48. The third kappa shape index (κ3) is 1.95. The van der Waals surface area contributed by atoms with Crippen LogP contribution in [0.15, 0.2) is 12.4 Å². The first kappa shape index (κ1) is 10.4. The molecule has 0 spiro atoms. The van der Waals surface area contributed by atoms with Crippen LogP contribution in [0.25, 0.3) is 0 Å². The van der Waals surface area contributed by atoms with Crippen molar-refractivity contribution in [1.82, 2.24) is 25.7 Å². The van der Waals surface area contributed by atoms with Gasteiger partial charge in [0.1, 0.15) is 0 Å². The first-order valence-corrected chi connectivity index (χ1v) is 4.96. The summed E-state index contributed by atoms with van der Waals surface area (Å²) >= 11 is 0. The maximum Gasteiger partial charge on any atom is 0.254 e. The van der Waals surface area contributed by atoms with Gasteiger partial charge in [0, 0.05) is 24.0 Å². The number of rotatable bonds is 3. The molecule has 6 heteroatoms. The first-order valence-electron chi connectivity index (χ1n) is 4.96. The molecular formula is C10H13N5O. The summed E-state index contributed by atoms with van der Waals surface area (Å²) in [4.78, 5) is 11.6. The molecule has 0 unspecified atom stereocenters. The van der Waals surface area contributed by atoms with Crippen molar-refractivity contribution in [1.29, 1.82) is 0 Å². The number of aromatic nitrogens is 4. The largest absolute Gasteiger partial charge is 0.348 e. The number of nitrogens with zero attached hydrogens (tertiary/aromatic N) is 2. The Labute approximate surface area is 92.5 Å². The first-order chi connectivity index (χ1) is 7.68. The summed E-state index contributed by atoms with van der Waals surface area (Å²) in [7, 11) is 0. The molecule has 0 fully saturated rings. The van der Waals surface area contributed by atoms with Crippen LogP contribution in [0.2, 0.25) is 0 Å². The van der Waals surface area contributed by atoms with E-state index in [9.17, 15) is 4.79 Å². The summed E-state index contributed by atoms with van der Waals surface area (Å²) in [5.41, 5.74) is 3.44. The van der Waals surface area contributed by atoms with Gasteiger partial charge in [-0.25, -0.2) is 0 Å². The summed E-state index contributed by atoms with van der Waals surface area (Å²) in [5, 5.41) is 16.1. The molecule has 16 heavy (non-hydrogen) atoms. The number of nitrogens with one attached hydrogen (secondary N) is 3. The molecule has 84 valence electrons. The van der Waals surface area contributed by atoms with E-state index in [1.807, 2.05) is 13.8 Å². The summed E-state index contributed by atoms with van der Waals surface area (Å²) < 4.78 is 0. The van der Waals surface area contributed by atoms with Crippen molar-refractivity contribution in [3.05, 3.63) is 34.9 Å². The second-order valence-corrected chi connectivity index (χ2v) is 3.58. The van der Waals surface area contributed by atoms with Gasteiger partial charge in [0.25, 0.3) is 5.91 Å². The number of carbonyl (C=O) groups excluding carboxylic acids is 1. The predicted molar refractivity (Wildman–Crippen MR) is 57.8 cm³/mol. The van der Waals surface area contributed by atoms with E-state index in [2.05, 4.69) is 25.7 Å². The van der Waals surface area contributed by atoms with E-state index in [0.29, 0.717) is 12.1 Å². The monoisotopic (exact) mass is 219 g/mol. The number of aromatic amines is 2. The van der Waals surface area contributed by atoms with Crippen molar-refractivity contribution in [2.75, 3.05) is 0 Å². The molecule has 0 aromatic carbocycles. The number of H-pyrrole nitrogens is 2. The zero-order chi connectivity index (χ0) is 11.5. The van der Waals surface area contributed by atoms with Crippen LogP contribution in [0, 0.1) is 13.8 Å². The van der Waals surface area contributed by atoms with Crippen LogP contribution in [-0.2, 0) is 6.54 Å². The molecule has 0 saturated carbocycles. The highest BCUT2D eigenvalue weighted by Crippen LogP contribution is 2.08. The van der Waals surface area contributed by atoms with Gasteiger partial charge in [-0.15, -0.1) is 0 Å². The third-order valence-corrected chi connectivity index (χ3v) is 2.47. The number of amides is 1. The predicted octanol–water partition coefficient (Wildman–Crippen LogP) is 0.680. The third-order valence-electron chi connectivity index (χ3n) is 2.47. The maximum atomic E-state index is 11.6. The summed E-state index contributed by atoms with van der Waals surface area (Å²) in [5.74, 6) is -0.145. The molecule has 0 radical (unpaired) electrons. The normalized spacial score (nSPS) is 10.4. The van der Waals surface area contributed by atoms with E-state index >= 15 is 0 Å². The topological polar surface area (TPSA) is 86.5 Å². The number of carbonyl (C=O) groups is 1. The van der Waals surface area contributed by atoms with Crippen LogP contribution < -0.4 is 5.32 Å². The molecule has 1 amide bonds. The van der Waals surface area contributed by atoms with Crippen LogP contribution in [0.4, 0.5) is 0 Å². The fourth-order valence-electron chi connectivity index (χ4n) is 1.48.